The summed E-state index contributed by atoms with van der Waals surface area (Å²) in [6.07, 6.45) is -8.57. The second kappa shape index (κ2) is 9.32. The predicted octanol–water partition coefficient (Wildman–Crippen LogP) is 4.07. The third kappa shape index (κ3) is 5.30. The average Bonchev–Trinajstić information content (AvgIpc) is 3.39. The van der Waals surface area contributed by atoms with Gasteiger partial charge in [0.25, 0.3) is 5.91 Å². The van der Waals surface area contributed by atoms with Crippen molar-refractivity contribution in [1.29, 1.82) is 0 Å². The molecule has 0 unspecified atom stereocenters. The fourth-order valence-electron chi connectivity index (χ4n) is 2.96. The van der Waals surface area contributed by atoms with E-state index in [9.17, 15) is 31.1 Å². The Morgan fingerprint density at radius 3 is 2.47 bits per heavy atom. The van der Waals surface area contributed by atoms with E-state index >= 15 is 0 Å². The first-order valence-corrected chi connectivity index (χ1v) is 10.4. The number of benzene rings is 1. The summed E-state index contributed by atoms with van der Waals surface area (Å²) in [4.78, 5) is 16.8. The number of hydrazone groups is 1. The second-order valence-corrected chi connectivity index (χ2v) is 7.70. The number of carbonyl (C=O) groups is 1. The number of nitrogens with zero attached hydrogens (tertiary/aromatic N) is 5. The molecule has 1 amide bonds. The molecule has 1 aromatic carbocycles. The van der Waals surface area contributed by atoms with Gasteiger partial charge in [0.2, 0.25) is 11.1 Å². The van der Waals surface area contributed by atoms with Crippen LogP contribution in [0.1, 0.15) is 35.0 Å². The minimum atomic E-state index is -5.03. The summed E-state index contributed by atoms with van der Waals surface area (Å²) in [6.45, 7) is 1.61. The molecule has 34 heavy (non-hydrogen) atoms. The van der Waals surface area contributed by atoms with E-state index in [1.807, 2.05) is 0 Å². The molecule has 0 atom stereocenters. The zero-order chi connectivity index (χ0) is 25.3. The van der Waals surface area contributed by atoms with Crippen molar-refractivity contribution in [2.24, 2.45) is 16.6 Å². The maximum atomic E-state index is 13.9. The predicted molar refractivity (Wildman–Crippen MR) is 112 cm³/mol. The van der Waals surface area contributed by atoms with Gasteiger partial charge in [-0.15, -0.1) is 16.4 Å². The van der Waals surface area contributed by atoms with Gasteiger partial charge in [0.05, 0.1) is 23.0 Å². The van der Waals surface area contributed by atoms with Gasteiger partial charge in [-0.1, -0.05) is 19.1 Å². The van der Waals surface area contributed by atoms with E-state index in [1.165, 1.54) is 11.4 Å². The monoisotopic (exact) mass is 505 g/mol. The zero-order valence-electron chi connectivity index (χ0n) is 17.4. The first-order valence-electron chi connectivity index (χ1n) is 9.53. The van der Waals surface area contributed by atoms with E-state index in [0.29, 0.717) is 33.6 Å². The lowest BCUT2D eigenvalue weighted by Gasteiger charge is -2.17. The van der Waals surface area contributed by atoms with Gasteiger partial charge < -0.3 is 11.5 Å². The van der Waals surface area contributed by atoms with Gasteiger partial charge >= 0.3 is 12.4 Å². The van der Waals surface area contributed by atoms with Crippen LogP contribution in [0.2, 0.25) is 0 Å². The molecule has 3 rings (SSSR count). The van der Waals surface area contributed by atoms with E-state index in [0.717, 1.165) is 18.2 Å². The second-order valence-electron chi connectivity index (χ2n) is 6.86. The molecule has 4 N–H and O–H groups in total. The Labute approximate surface area is 192 Å². The average molecular weight is 505 g/mol. The van der Waals surface area contributed by atoms with Crippen LogP contribution in [-0.4, -0.2) is 38.2 Å². The van der Waals surface area contributed by atoms with E-state index in [-0.39, 0.29) is 22.9 Å². The van der Waals surface area contributed by atoms with Crippen LogP contribution in [0.15, 0.2) is 40.9 Å². The Morgan fingerprint density at radius 2 is 1.88 bits per heavy atom. The van der Waals surface area contributed by atoms with Gasteiger partial charge in [0.15, 0.2) is 5.69 Å². The summed E-state index contributed by atoms with van der Waals surface area (Å²) in [5.41, 5.74) is 7.42. The van der Waals surface area contributed by atoms with Crippen LogP contribution in [0.25, 0.3) is 16.4 Å². The van der Waals surface area contributed by atoms with Gasteiger partial charge in [-0.3, -0.25) is 4.79 Å². The molecule has 0 radical (unpaired) electrons. The molecule has 15 heteroatoms. The lowest BCUT2D eigenvalue weighted by atomic mass is 10.1. The highest BCUT2D eigenvalue weighted by atomic mass is 32.1. The molecule has 0 saturated heterocycles. The molecule has 0 aliphatic rings. The highest BCUT2D eigenvalue weighted by molar-refractivity contribution is 7.12. The number of hydrogen-bond donors (Lipinski definition) is 2. The maximum Gasteiger partial charge on any atom is 0.434 e. The van der Waals surface area contributed by atoms with Crippen molar-refractivity contribution in [3.8, 4) is 16.4 Å². The third-order valence-electron chi connectivity index (χ3n) is 4.33. The summed E-state index contributed by atoms with van der Waals surface area (Å²) < 4.78 is 81.3. The number of carbonyl (C=O) groups excluding carboxylic acids is 1. The molecule has 0 aliphatic heterocycles. The topological polar surface area (TPSA) is 115 Å². The van der Waals surface area contributed by atoms with E-state index in [4.69, 9.17) is 11.5 Å². The number of halogens is 6. The largest absolute Gasteiger partial charge is 0.434 e. The maximum absolute atomic E-state index is 13.9. The van der Waals surface area contributed by atoms with Crippen molar-refractivity contribution < 1.29 is 31.1 Å². The van der Waals surface area contributed by atoms with Crippen molar-refractivity contribution in [1.82, 2.24) is 19.8 Å². The van der Waals surface area contributed by atoms with Crippen LogP contribution < -0.4 is 11.5 Å². The van der Waals surface area contributed by atoms with Crippen LogP contribution in [0.4, 0.5) is 26.3 Å². The van der Waals surface area contributed by atoms with Gasteiger partial charge in [-0.25, -0.2) is 14.7 Å². The van der Waals surface area contributed by atoms with Crippen molar-refractivity contribution in [2.45, 2.75) is 25.7 Å². The van der Waals surface area contributed by atoms with E-state index in [2.05, 4.69) is 15.2 Å². The van der Waals surface area contributed by atoms with E-state index in [1.54, 1.807) is 6.92 Å². The molecule has 2 aromatic heterocycles. The summed E-state index contributed by atoms with van der Waals surface area (Å²) in [5, 5.41) is 8.91. The smallest absolute Gasteiger partial charge is 0.369 e. The highest BCUT2D eigenvalue weighted by Crippen LogP contribution is 2.36. The van der Waals surface area contributed by atoms with Gasteiger partial charge in [-0.2, -0.15) is 31.4 Å². The quantitative estimate of drug-likeness (QED) is 0.227. The van der Waals surface area contributed by atoms with Crippen LogP contribution in [-0.2, 0) is 12.4 Å². The normalized spacial score (nSPS) is 12.0. The molecule has 0 aliphatic carbocycles. The van der Waals surface area contributed by atoms with Gasteiger partial charge in [-0.05, 0) is 18.6 Å². The number of hydrogen-bond acceptors (Lipinski definition) is 5. The number of thiazole rings is 1. The number of rotatable bonds is 6. The summed E-state index contributed by atoms with van der Waals surface area (Å²) in [7, 11) is 0. The van der Waals surface area contributed by atoms with Crippen LogP contribution in [0.5, 0.6) is 0 Å². The first kappa shape index (κ1) is 25.0. The number of amides is 1. The molecular weight excluding hydrogens is 488 g/mol. The summed E-state index contributed by atoms with van der Waals surface area (Å²) in [6, 6.07) is 4.20. The zero-order valence-corrected chi connectivity index (χ0v) is 18.2. The Bertz CT molecular complexity index is 1210. The fourth-order valence-corrected chi connectivity index (χ4v) is 3.75. The number of nitrogens with two attached hydrogens (primary N) is 2. The van der Waals surface area contributed by atoms with Crippen molar-refractivity contribution in [3.05, 3.63) is 52.7 Å². The minimum absolute atomic E-state index is 0.00992. The Balaban J connectivity index is 2.06. The number of guanidine groups is 1. The molecule has 3 aromatic rings. The molecule has 0 spiro atoms. The SMILES string of the molecule is CCCN(N=C(N)N)C(=O)c1cnn(-c2nc(-c3cccc(C(F)(F)F)c3)cs2)c1C(F)(F)F. The van der Waals surface area contributed by atoms with Crippen molar-refractivity contribution >= 4 is 23.2 Å². The van der Waals surface area contributed by atoms with Gasteiger partial charge in [0.1, 0.15) is 0 Å². The number of aromatic nitrogens is 3. The lowest BCUT2D eigenvalue weighted by molar-refractivity contribution is -0.143. The lowest BCUT2D eigenvalue weighted by Crippen LogP contribution is -2.34. The Kier molecular flexibility index (Phi) is 6.86. The fraction of sp³-hybridized carbons (Fsp3) is 0.263. The van der Waals surface area contributed by atoms with Crippen LogP contribution in [0.3, 0.4) is 0 Å². The van der Waals surface area contributed by atoms with Crippen LogP contribution in [0, 0.1) is 0 Å². The first-order chi connectivity index (χ1) is 15.8. The van der Waals surface area contributed by atoms with Crippen LogP contribution >= 0.6 is 11.3 Å². The number of alkyl halides is 6. The van der Waals surface area contributed by atoms with Crippen molar-refractivity contribution in [2.75, 3.05) is 6.54 Å². The minimum Gasteiger partial charge on any atom is -0.369 e. The van der Waals surface area contributed by atoms with Crippen molar-refractivity contribution in [3.63, 3.8) is 0 Å². The molecule has 0 bridgehead atoms. The molecule has 0 fully saturated rings. The van der Waals surface area contributed by atoms with E-state index < -0.39 is 41.0 Å². The highest BCUT2D eigenvalue weighted by Gasteiger charge is 2.42. The van der Waals surface area contributed by atoms with Gasteiger partial charge in [0, 0.05) is 17.5 Å². The molecular formula is C19H17F6N7OS. The Hall–Kier alpha value is -3.62. The standard InChI is InChI=1S/C19H17F6N7OS/c1-2-6-31(30-16(26)27)15(33)12-8-28-32(14(12)19(23,24)25)17-29-13(9-34-17)10-4-3-5-11(7-10)18(20,21)22/h3-5,7-9H,2,6H2,1H3,(H4,26,27,30). The molecule has 8 nitrogen and oxygen atoms in total. The molecule has 0 saturated carbocycles. The summed E-state index contributed by atoms with van der Waals surface area (Å²) in [5.74, 6) is -1.66. The third-order valence-corrected chi connectivity index (χ3v) is 5.15. The molecule has 182 valence electrons. The molecule has 2 heterocycles. The Morgan fingerprint density at radius 1 is 1.18 bits per heavy atom. The summed E-state index contributed by atoms with van der Waals surface area (Å²) >= 11 is 0.711.